The Labute approximate surface area is 408 Å². The summed E-state index contributed by atoms with van der Waals surface area (Å²) in [5, 5.41) is 25.6. The molecule has 1 amide bonds. The summed E-state index contributed by atoms with van der Waals surface area (Å²) in [5.41, 5.74) is 3.02. The normalized spacial score (nSPS) is 29.8. The first-order valence-electron chi connectivity index (χ1n) is 23.5. The Hall–Kier alpha value is -5.79. The summed E-state index contributed by atoms with van der Waals surface area (Å²) in [6.45, 7) is 9.54. The fraction of sp³-hybridized carbons (Fsp3) is 0.426. The van der Waals surface area contributed by atoms with Crippen molar-refractivity contribution in [1.29, 1.82) is 0 Å². The third-order valence-electron chi connectivity index (χ3n) is 12.6. The molecule has 3 aliphatic rings. The van der Waals surface area contributed by atoms with Gasteiger partial charge in [-0.05, 0) is 48.6 Å². The molecular weight excluding hydrogens is 903 g/mol. The smallest absolute Gasteiger partial charge is 0.407 e. The van der Waals surface area contributed by atoms with Gasteiger partial charge in [0.2, 0.25) is 0 Å². The summed E-state index contributed by atoms with van der Waals surface area (Å²) in [6, 6.07) is 35.9. The molecule has 3 N–H and O–H groups in total. The number of hydrogen-bond acceptors (Lipinski definition) is 15. The Balaban J connectivity index is 1.22. The van der Waals surface area contributed by atoms with Crippen LogP contribution in [0.3, 0.4) is 0 Å². The predicted molar refractivity (Wildman–Crippen MR) is 253 cm³/mol. The SMILES string of the molecule is C=CCOC(=O)NC1C(O)[C@@H](O)C(COC(=O)c2ccccc2)O[C@H]1O[C@@H]1CC(C(=O)OC)CC(C=C)C1OC1OC(C)C(OCc2ccccc2)C(OCc2ccccc2)[C@@H]1OCc1ccccc1. The largest absolute Gasteiger partial charge is 0.469 e. The maximum absolute atomic E-state index is 13.4. The van der Waals surface area contributed by atoms with E-state index < -0.39 is 110 Å². The van der Waals surface area contributed by atoms with E-state index in [1.165, 1.54) is 13.2 Å². The lowest BCUT2D eigenvalue weighted by Gasteiger charge is -2.49. The number of hydrogen-bond donors (Lipinski definition) is 3. The van der Waals surface area contributed by atoms with E-state index in [0.29, 0.717) is 0 Å². The van der Waals surface area contributed by atoms with E-state index in [1.807, 2.05) is 97.9 Å². The molecular formula is C54H63NO15. The average molecular weight is 966 g/mol. The second kappa shape index (κ2) is 25.9. The van der Waals surface area contributed by atoms with E-state index >= 15 is 0 Å². The fourth-order valence-corrected chi connectivity index (χ4v) is 8.93. The van der Waals surface area contributed by atoms with E-state index in [4.69, 9.17) is 47.4 Å². The van der Waals surface area contributed by atoms with Crippen LogP contribution in [0.2, 0.25) is 0 Å². The monoisotopic (exact) mass is 965 g/mol. The number of amides is 1. The standard InChI is InChI=1S/C54H63NO15/c1-5-27-62-54(60)55-43-45(57)44(56)42(33-66-51(59)39-25-17-10-18-26-39)69-52(43)68-41-29-40(50(58)61-4)28-38(6-2)47(41)70-53-49(65-32-37-23-15-9-16-24-37)48(64-31-36-21-13-8-14-22-36)46(34(3)67-53)63-30-35-19-11-7-12-20-35/h5-26,34,38,40-49,52-53,56-57H,1-2,27-33H2,3-4H3,(H,55,60)/t34?,38?,40?,41-,42?,43?,44+,45?,46?,47?,48?,49+,52-,53?/m1/s1. The van der Waals surface area contributed by atoms with Crippen molar-refractivity contribution in [1.82, 2.24) is 5.32 Å². The van der Waals surface area contributed by atoms with Crippen LogP contribution in [0, 0.1) is 11.8 Å². The molecule has 16 nitrogen and oxygen atoms in total. The van der Waals surface area contributed by atoms with Crippen LogP contribution >= 0.6 is 0 Å². The Bertz CT molecular complexity index is 2250. The second-order valence-corrected chi connectivity index (χ2v) is 17.4. The molecule has 2 saturated heterocycles. The van der Waals surface area contributed by atoms with Gasteiger partial charge in [0, 0.05) is 5.92 Å². The summed E-state index contributed by atoms with van der Waals surface area (Å²) in [5.74, 6) is -2.51. The van der Waals surface area contributed by atoms with Crippen molar-refractivity contribution in [2.45, 2.75) is 113 Å². The molecule has 14 atom stereocenters. The van der Waals surface area contributed by atoms with Gasteiger partial charge in [0.1, 0.15) is 55.9 Å². The van der Waals surface area contributed by atoms with Gasteiger partial charge in [0.15, 0.2) is 12.6 Å². The minimum Gasteiger partial charge on any atom is -0.469 e. The summed E-state index contributed by atoms with van der Waals surface area (Å²) in [4.78, 5) is 39.4. The van der Waals surface area contributed by atoms with Crippen molar-refractivity contribution in [3.8, 4) is 0 Å². The van der Waals surface area contributed by atoms with Gasteiger partial charge in [-0.1, -0.05) is 128 Å². The Kier molecular flexibility index (Phi) is 19.2. The van der Waals surface area contributed by atoms with Gasteiger partial charge >= 0.3 is 18.0 Å². The van der Waals surface area contributed by atoms with E-state index in [-0.39, 0.29) is 44.8 Å². The van der Waals surface area contributed by atoms with Crippen molar-refractivity contribution in [2.75, 3.05) is 20.3 Å². The van der Waals surface area contributed by atoms with Crippen molar-refractivity contribution in [3.63, 3.8) is 0 Å². The molecule has 4 aromatic carbocycles. The van der Waals surface area contributed by atoms with Crippen LogP contribution in [0.25, 0.3) is 0 Å². The zero-order valence-corrected chi connectivity index (χ0v) is 39.4. The average Bonchev–Trinajstić information content (AvgIpc) is 3.39. The highest BCUT2D eigenvalue weighted by Crippen LogP contribution is 2.40. The van der Waals surface area contributed by atoms with Crippen LogP contribution in [0.5, 0.6) is 0 Å². The first-order chi connectivity index (χ1) is 34.1. The zero-order valence-electron chi connectivity index (χ0n) is 39.4. The molecule has 2 aliphatic heterocycles. The molecule has 10 unspecified atom stereocenters. The molecule has 374 valence electrons. The molecule has 1 aliphatic carbocycles. The zero-order chi connectivity index (χ0) is 49.4. The van der Waals surface area contributed by atoms with Crippen molar-refractivity contribution in [2.24, 2.45) is 11.8 Å². The van der Waals surface area contributed by atoms with E-state index in [2.05, 4.69) is 18.5 Å². The minimum atomic E-state index is -1.74. The Morgan fingerprint density at radius 3 is 1.79 bits per heavy atom. The van der Waals surface area contributed by atoms with Gasteiger partial charge in [0.25, 0.3) is 0 Å². The number of nitrogens with one attached hydrogen (secondary N) is 1. The fourth-order valence-electron chi connectivity index (χ4n) is 8.93. The van der Waals surface area contributed by atoms with E-state index in [0.717, 1.165) is 16.7 Å². The van der Waals surface area contributed by atoms with Crippen molar-refractivity contribution >= 4 is 18.0 Å². The third kappa shape index (κ3) is 13.7. The highest BCUT2D eigenvalue weighted by molar-refractivity contribution is 5.89. The van der Waals surface area contributed by atoms with Gasteiger partial charge in [-0.15, -0.1) is 6.58 Å². The molecule has 4 aromatic rings. The third-order valence-corrected chi connectivity index (χ3v) is 12.6. The maximum atomic E-state index is 13.4. The van der Waals surface area contributed by atoms with Crippen LogP contribution in [-0.2, 0) is 72.0 Å². The lowest BCUT2D eigenvalue weighted by atomic mass is 9.77. The maximum Gasteiger partial charge on any atom is 0.407 e. The van der Waals surface area contributed by atoms with Crippen molar-refractivity contribution in [3.05, 3.63) is 169 Å². The Morgan fingerprint density at radius 1 is 0.671 bits per heavy atom. The number of alkyl carbamates (subject to hydrolysis) is 1. The molecule has 16 heteroatoms. The van der Waals surface area contributed by atoms with Gasteiger partial charge < -0.3 is 62.9 Å². The summed E-state index contributed by atoms with van der Waals surface area (Å²) >= 11 is 0. The van der Waals surface area contributed by atoms with Gasteiger partial charge in [-0.3, -0.25) is 4.79 Å². The first kappa shape index (κ1) is 52.0. The summed E-state index contributed by atoms with van der Waals surface area (Å²) < 4.78 is 63.2. The van der Waals surface area contributed by atoms with Gasteiger partial charge in [-0.25, -0.2) is 9.59 Å². The lowest BCUT2D eigenvalue weighted by Crippen LogP contribution is -2.66. The predicted octanol–water partition coefficient (Wildman–Crippen LogP) is 6.23. The molecule has 7 rings (SSSR count). The topological polar surface area (TPSA) is 196 Å². The van der Waals surface area contributed by atoms with Crippen molar-refractivity contribution < 1.29 is 72.0 Å². The first-order valence-corrected chi connectivity index (χ1v) is 23.5. The summed E-state index contributed by atoms with van der Waals surface area (Å²) in [6.07, 6.45) is -10.1. The Morgan fingerprint density at radius 2 is 1.23 bits per heavy atom. The van der Waals surface area contributed by atoms with Gasteiger partial charge in [0.05, 0.1) is 56.7 Å². The number of rotatable bonds is 21. The summed E-state index contributed by atoms with van der Waals surface area (Å²) in [7, 11) is 1.29. The number of carbonyl (C=O) groups excluding carboxylic acids is 3. The molecule has 2 heterocycles. The van der Waals surface area contributed by atoms with Crippen LogP contribution in [0.15, 0.2) is 147 Å². The van der Waals surface area contributed by atoms with E-state index in [1.54, 1.807) is 36.4 Å². The number of aliphatic hydroxyl groups is 2. The molecule has 0 spiro atoms. The lowest BCUT2D eigenvalue weighted by molar-refractivity contribution is -0.348. The van der Waals surface area contributed by atoms with Crippen LogP contribution in [-0.4, -0.2) is 122 Å². The number of benzene rings is 4. The highest BCUT2D eigenvalue weighted by atomic mass is 16.7. The van der Waals surface area contributed by atoms with E-state index in [9.17, 15) is 24.6 Å². The number of methoxy groups -OCH3 is 1. The number of ether oxygens (including phenoxy) is 10. The highest BCUT2D eigenvalue weighted by Gasteiger charge is 2.53. The number of esters is 2. The molecule has 0 bridgehead atoms. The molecule has 0 radical (unpaired) electrons. The minimum absolute atomic E-state index is 0.00996. The quantitative estimate of drug-likeness (QED) is 0.0483. The van der Waals surface area contributed by atoms with Gasteiger partial charge in [-0.2, -0.15) is 0 Å². The van der Waals surface area contributed by atoms with Crippen LogP contribution in [0.4, 0.5) is 4.79 Å². The molecule has 70 heavy (non-hydrogen) atoms. The molecule has 0 aromatic heterocycles. The van der Waals surface area contributed by atoms with Crippen LogP contribution < -0.4 is 5.32 Å². The molecule has 1 saturated carbocycles. The number of carbonyl (C=O) groups is 3. The second-order valence-electron chi connectivity index (χ2n) is 17.4. The number of aliphatic hydroxyl groups excluding tert-OH is 2. The van der Waals surface area contributed by atoms with Crippen LogP contribution in [0.1, 0.15) is 46.8 Å². The molecule has 3 fully saturated rings.